The Labute approximate surface area is 141 Å². The number of amides is 1. The van der Waals surface area contributed by atoms with Crippen LogP contribution in [0, 0.1) is 5.92 Å². The smallest absolute Gasteiger partial charge is 0.410 e. The number of nitrogens with one attached hydrogen (secondary N) is 1. The number of likely N-dealkylation sites (tertiary alicyclic amines) is 1. The van der Waals surface area contributed by atoms with Crippen molar-refractivity contribution in [3.63, 3.8) is 0 Å². The predicted molar refractivity (Wildman–Crippen MR) is 93.7 cm³/mol. The normalized spacial score (nSPS) is 20.1. The molecule has 0 radical (unpaired) electrons. The molecule has 0 atom stereocenters. The Balaban J connectivity index is 1.56. The first-order valence-corrected chi connectivity index (χ1v) is 9.31. The lowest BCUT2D eigenvalue weighted by molar-refractivity contribution is 0.0184. The van der Waals surface area contributed by atoms with Gasteiger partial charge in [0.05, 0.1) is 0 Å². The molecule has 1 heterocycles. The minimum absolute atomic E-state index is 0.160. The lowest BCUT2D eigenvalue weighted by atomic mass is 9.97. The van der Waals surface area contributed by atoms with Gasteiger partial charge in [-0.1, -0.05) is 6.92 Å². The highest BCUT2D eigenvalue weighted by Crippen LogP contribution is 2.25. The third-order valence-corrected chi connectivity index (χ3v) is 4.74. The maximum absolute atomic E-state index is 12.0. The van der Waals surface area contributed by atoms with Crippen LogP contribution in [-0.2, 0) is 4.74 Å². The van der Waals surface area contributed by atoms with E-state index in [4.69, 9.17) is 4.74 Å². The van der Waals surface area contributed by atoms with Crippen LogP contribution in [0.4, 0.5) is 4.79 Å². The third-order valence-electron chi connectivity index (χ3n) is 4.74. The number of nitrogens with zero attached hydrogens (tertiary/aromatic N) is 2. The van der Waals surface area contributed by atoms with Gasteiger partial charge in [0.1, 0.15) is 5.60 Å². The van der Waals surface area contributed by atoms with Gasteiger partial charge in [0.2, 0.25) is 0 Å². The molecule has 0 aromatic rings. The summed E-state index contributed by atoms with van der Waals surface area (Å²) in [6, 6.07) is 0.860. The van der Waals surface area contributed by atoms with Crippen LogP contribution in [-0.4, -0.2) is 66.8 Å². The van der Waals surface area contributed by atoms with Crippen molar-refractivity contribution in [2.75, 3.05) is 39.3 Å². The summed E-state index contributed by atoms with van der Waals surface area (Å²) in [6.45, 7) is 14.1. The molecule has 1 aliphatic carbocycles. The van der Waals surface area contributed by atoms with Gasteiger partial charge >= 0.3 is 6.09 Å². The molecule has 23 heavy (non-hydrogen) atoms. The van der Waals surface area contributed by atoms with E-state index in [0.717, 1.165) is 51.6 Å². The number of piperidine rings is 1. The molecule has 2 fully saturated rings. The van der Waals surface area contributed by atoms with Crippen LogP contribution in [0.25, 0.3) is 0 Å². The van der Waals surface area contributed by atoms with Crippen molar-refractivity contribution in [1.82, 2.24) is 15.1 Å². The van der Waals surface area contributed by atoms with E-state index in [2.05, 4.69) is 17.1 Å². The number of carbonyl (C=O) groups is 1. The standard InChI is InChI=1S/C18H35N3O2/c1-5-20(16-6-7-16)13-10-19-14-15-8-11-21(12-9-15)17(22)23-18(2,3)4/h15-16,19H,5-14H2,1-4H3. The molecule has 5 nitrogen and oxygen atoms in total. The van der Waals surface area contributed by atoms with Gasteiger partial charge in [0, 0.05) is 32.2 Å². The number of rotatable bonds is 7. The predicted octanol–water partition coefficient (Wildman–Crippen LogP) is 2.71. The Morgan fingerprint density at radius 1 is 1.22 bits per heavy atom. The fourth-order valence-corrected chi connectivity index (χ4v) is 3.21. The molecule has 1 saturated carbocycles. The highest BCUT2D eigenvalue weighted by Gasteiger charge is 2.28. The molecule has 5 heteroatoms. The second-order valence-corrected chi connectivity index (χ2v) is 7.97. The van der Waals surface area contributed by atoms with Gasteiger partial charge in [-0.05, 0) is 65.5 Å². The van der Waals surface area contributed by atoms with Gasteiger partial charge in [-0.2, -0.15) is 0 Å². The van der Waals surface area contributed by atoms with Gasteiger partial charge in [0.15, 0.2) is 0 Å². The average molecular weight is 325 g/mol. The number of carbonyl (C=O) groups excluding carboxylic acids is 1. The molecule has 0 unspecified atom stereocenters. The van der Waals surface area contributed by atoms with Crippen molar-refractivity contribution in [2.45, 2.75) is 65.0 Å². The van der Waals surface area contributed by atoms with Gasteiger partial charge in [-0.25, -0.2) is 4.79 Å². The van der Waals surface area contributed by atoms with Crippen molar-refractivity contribution in [1.29, 1.82) is 0 Å². The summed E-state index contributed by atoms with van der Waals surface area (Å²) in [6.07, 6.45) is 4.76. The largest absolute Gasteiger partial charge is 0.444 e. The third kappa shape index (κ3) is 6.68. The minimum atomic E-state index is -0.401. The van der Waals surface area contributed by atoms with Crippen molar-refractivity contribution >= 4 is 6.09 Å². The minimum Gasteiger partial charge on any atom is -0.444 e. The topological polar surface area (TPSA) is 44.8 Å². The Bertz CT molecular complexity index is 369. The van der Waals surface area contributed by atoms with Crippen LogP contribution in [0.1, 0.15) is 53.4 Å². The number of hydrogen-bond donors (Lipinski definition) is 1. The first-order chi connectivity index (χ1) is 10.9. The van der Waals surface area contributed by atoms with E-state index in [0.29, 0.717) is 5.92 Å². The first kappa shape index (κ1) is 18.5. The summed E-state index contributed by atoms with van der Waals surface area (Å²) in [5, 5.41) is 3.61. The summed E-state index contributed by atoms with van der Waals surface area (Å²) in [4.78, 5) is 16.5. The first-order valence-electron chi connectivity index (χ1n) is 9.31. The average Bonchev–Trinajstić information content (AvgIpc) is 3.31. The fourth-order valence-electron chi connectivity index (χ4n) is 3.21. The Morgan fingerprint density at radius 2 is 1.87 bits per heavy atom. The molecule has 1 saturated heterocycles. The zero-order valence-electron chi connectivity index (χ0n) is 15.4. The molecular formula is C18H35N3O2. The maximum atomic E-state index is 12.0. The molecule has 0 bridgehead atoms. The summed E-state index contributed by atoms with van der Waals surface area (Å²) >= 11 is 0. The van der Waals surface area contributed by atoms with Crippen LogP contribution in [0.15, 0.2) is 0 Å². The number of hydrogen-bond acceptors (Lipinski definition) is 4. The van der Waals surface area contributed by atoms with Crippen LogP contribution in [0.3, 0.4) is 0 Å². The lowest BCUT2D eigenvalue weighted by Gasteiger charge is -2.33. The van der Waals surface area contributed by atoms with Crippen LogP contribution >= 0.6 is 0 Å². The van der Waals surface area contributed by atoms with E-state index in [1.807, 2.05) is 25.7 Å². The highest BCUT2D eigenvalue weighted by molar-refractivity contribution is 5.68. The summed E-state index contributed by atoms with van der Waals surface area (Å²) in [7, 11) is 0. The quantitative estimate of drug-likeness (QED) is 0.731. The Hall–Kier alpha value is -0.810. The molecular weight excluding hydrogens is 290 g/mol. The van der Waals surface area contributed by atoms with E-state index >= 15 is 0 Å². The number of ether oxygens (including phenoxy) is 1. The van der Waals surface area contributed by atoms with Crippen LogP contribution in [0.5, 0.6) is 0 Å². The monoisotopic (exact) mass is 325 g/mol. The zero-order chi connectivity index (χ0) is 16.9. The SMILES string of the molecule is CCN(CCNCC1CCN(C(=O)OC(C)(C)C)CC1)C1CC1. The van der Waals surface area contributed by atoms with E-state index in [-0.39, 0.29) is 6.09 Å². The molecule has 2 aliphatic rings. The Morgan fingerprint density at radius 3 is 2.39 bits per heavy atom. The fraction of sp³-hybridized carbons (Fsp3) is 0.944. The molecule has 0 spiro atoms. The van der Waals surface area contributed by atoms with Gasteiger partial charge < -0.3 is 15.0 Å². The highest BCUT2D eigenvalue weighted by atomic mass is 16.6. The molecule has 134 valence electrons. The molecule has 1 amide bonds. The molecule has 0 aromatic carbocycles. The molecule has 0 aromatic heterocycles. The van der Waals surface area contributed by atoms with E-state index in [1.165, 1.54) is 19.4 Å². The summed E-state index contributed by atoms with van der Waals surface area (Å²) in [5.74, 6) is 0.685. The summed E-state index contributed by atoms with van der Waals surface area (Å²) < 4.78 is 5.44. The maximum Gasteiger partial charge on any atom is 0.410 e. The second kappa shape index (κ2) is 8.34. The molecule has 1 aliphatic heterocycles. The van der Waals surface area contributed by atoms with E-state index < -0.39 is 5.60 Å². The van der Waals surface area contributed by atoms with Gasteiger partial charge in [-0.3, -0.25) is 4.90 Å². The van der Waals surface area contributed by atoms with Gasteiger partial charge in [0.25, 0.3) is 0 Å². The zero-order valence-corrected chi connectivity index (χ0v) is 15.4. The number of likely N-dealkylation sites (N-methyl/N-ethyl adjacent to an activating group) is 1. The van der Waals surface area contributed by atoms with Gasteiger partial charge in [-0.15, -0.1) is 0 Å². The van der Waals surface area contributed by atoms with Crippen LogP contribution < -0.4 is 5.32 Å². The Kier molecular flexibility index (Phi) is 6.72. The van der Waals surface area contributed by atoms with Crippen molar-refractivity contribution in [3.05, 3.63) is 0 Å². The summed E-state index contributed by atoms with van der Waals surface area (Å²) in [5.41, 5.74) is -0.401. The molecule has 1 N–H and O–H groups in total. The van der Waals surface area contributed by atoms with E-state index in [1.54, 1.807) is 0 Å². The lowest BCUT2D eigenvalue weighted by Crippen LogP contribution is -2.43. The van der Waals surface area contributed by atoms with Crippen molar-refractivity contribution in [3.8, 4) is 0 Å². The van der Waals surface area contributed by atoms with Crippen molar-refractivity contribution < 1.29 is 9.53 Å². The van der Waals surface area contributed by atoms with Crippen LogP contribution in [0.2, 0.25) is 0 Å². The van der Waals surface area contributed by atoms with Crippen molar-refractivity contribution in [2.24, 2.45) is 5.92 Å². The second-order valence-electron chi connectivity index (χ2n) is 7.97. The van der Waals surface area contributed by atoms with E-state index in [9.17, 15) is 4.79 Å². The molecule has 2 rings (SSSR count).